The third-order valence-electron chi connectivity index (χ3n) is 4.89. The van der Waals surface area contributed by atoms with Gasteiger partial charge in [0.2, 0.25) is 0 Å². The lowest BCUT2D eigenvalue weighted by atomic mass is 10.1. The number of H-pyrrole nitrogens is 1. The monoisotopic (exact) mass is 368 g/mol. The number of thioether (sulfide) groups is 1. The lowest BCUT2D eigenvalue weighted by Gasteiger charge is -2.25. The summed E-state index contributed by atoms with van der Waals surface area (Å²) in [6, 6.07) is 6.15. The van der Waals surface area contributed by atoms with Gasteiger partial charge in [-0.25, -0.2) is 4.52 Å². The largest absolute Gasteiger partial charge is 0.348 e. The van der Waals surface area contributed by atoms with E-state index in [-0.39, 0.29) is 17.5 Å². The van der Waals surface area contributed by atoms with E-state index in [0.717, 1.165) is 22.6 Å². The number of carbonyl (C=O) groups is 1. The molecule has 2 N–H and O–H groups in total. The smallest absolute Gasteiger partial charge is 0.275 e. The normalized spacial score (nSPS) is 14.4. The second-order valence-electron chi connectivity index (χ2n) is 6.77. The number of aryl methyl sites for hydroxylation is 3. The van der Waals surface area contributed by atoms with E-state index in [9.17, 15) is 9.59 Å². The Hall–Kier alpha value is -2.54. The Bertz CT molecular complexity index is 1080. The summed E-state index contributed by atoms with van der Waals surface area (Å²) in [7, 11) is 0. The Morgan fingerprint density at radius 3 is 2.69 bits per heavy atom. The van der Waals surface area contributed by atoms with Crippen LogP contribution in [0.5, 0.6) is 0 Å². The molecule has 0 unspecified atom stereocenters. The molecular formula is C19H20N4O2S. The van der Waals surface area contributed by atoms with Crippen LogP contribution >= 0.6 is 11.8 Å². The molecule has 7 heteroatoms. The van der Waals surface area contributed by atoms with Crippen LogP contribution in [0.1, 0.15) is 27.0 Å². The van der Waals surface area contributed by atoms with E-state index in [2.05, 4.69) is 15.4 Å². The molecule has 0 spiro atoms. The van der Waals surface area contributed by atoms with Gasteiger partial charge in [0.1, 0.15) is 5.52 Å². The van der Waals surface area contributed by atoms with E-state index in [0.29, 0.717) is 22.5 Å². The number of aromatic amines is 1. The lowest BCUT2D eigenvalue weighted by Crippen LogP contribution is -2.43. The Kier molecular flexibility index (Phi) is 4.11. The number of amides is 1. The van der Waals surface area contributed by atoms with Crippen molar-refractivity contribution in [3.8, 4) is 11.4 Å². The van der Waals surface area contributed by atoms with Crippen LogP contribution in [0, 0.1) is 20.8 Å². The van der Waals surface area contributed by atoms with Crippen molar-refractivity contribution in [2.24, 2.45) is 0 Å². The van der Waals surface area contributed by atoms with Gasteiger partial charge in [0.05, 0.1) is 5.56 Å². The highest BCUT2D eigenvalue weighted by molar-refractivity contribution is 8.00. The fourth-order valence-electron chi connectivity index (χ4n) is 3.07. The number of carbonyl (C=O) groups excluding carboxylic acids is 1. The average molecular weight is 368 g/mol. The van der Waals surface area contributed by atoms with Gasteiger partial charge in [0, 0.05) is 29.3 Å². The molecule has 134 valence electrons. The second kappa shape index (κ2) is 6.32. The third-order valence-corrected chi connectivity index (χ3v) is 6.17. The number of nitrogens with zero attached hydrogens (tertiary/aromatic N) is 2. The Labute approximate surface area is 155 Å². The Morgan fingerprint density at radius 1 is 1.27 bits per heavy atom. The van der Waals surface area contributed by atoms with Crippen LogP contribution in [0.2, 0.25) is 0 Å². The van der Waals surface area contributed by atoms with Gasteiger partial charge in [-0.05, 0) is 43.5 Å². The van der Waals surface area contributed by atoms with Crippen LogP contribution in [0.25, 0.3) is 16.9 Å². The summed E-state index contributed by atoms with van der Waals surface area (Å²) >= 11 is 1.81. The number of hydrogen-bond acceptors (Lipinski definition) is 4. The summed E-state index contributed by atoms with van der Waals surface area (Å²) in [5, 5.41) is 7.53. The van der Waals surface area contributed by atoms with Crippen LogP contribution in [0.3, 0.4) is 0 Å². The number of nitrogens with one attached hydrogen (secondary N) is 2. The maximum Gasteiger partial charge on any atom is 0.275 e. The van der Waals surface area contributed by atoms with Crippen molar-refractivity contribution in [3.63, 3.8) is 0 Å². The minimum atomic E-state index is -0.246. The lowest BCUT2D eigenvalue weighted by molar-refractivity contribution is 0.0942. The van der Waals surface area contributed by atoms with Crippen molar-refractivity contribution in [1.82, 2.24) is 19.9 Å². The molecule has 1 aromatic carbocycles. The topological polar surface area (TPSA) is 79.3 Å². The van der Waals surface area contributed by atoms with Crippen molar-refractivity contribution in [2.75, 3.05) is 11.5 Å². The number of rotatable bonds is 3. The fraction of sp³-hybridized carbons (Fsp3) is 0.316. The summed E-state index contributed by atoms with van der Waals surface area (Å²) < 4.78 is 1.52. The molecule has 1 aliphatic rings. The van der Waals surface area contributed by atoms with Crippen LogP contribution in [0.15, 0.2) is 29.2 Å². The molecule has 0 radical (unpaired) electrons. The van der Waals surface area contributed by atoms with E-state index in [4.69, 9.17) is 0 Å². The van der Waals surface area contributed by atoms with Crippen molar-refractivity contribution < 1.29 is 4.79 Å². The SMILES string of the molecule is Cc1ccc(-c2nn3cc(C(=O)NC4CSC4)c(C)c3c(=O)[nH]2)cc1C. The molecule has 3 aromatic rings. The molecule has 0 saturated carbocycles. The Morgan fingerprint density at radius 2 is 2.04 bits per heavy atom. The number of fused-ring (bicyclic) bond motifs is 1. The molecule has 1 aliphatic heterocycles. The van der Waals surface area contributed by atoms with E-state index in [1.54, 1.807) is 13.1 Å². The zero-order valence-corrected chi connectivity index (χ0v) is 15.7. The maximum atomic E-state index is 12.6. The van der Waals surface area contributed by atoms with Gasteiger partial charge < -0.3 is 10.3 Å². The number of hydrogen-bond donors (Lipinski definition) is 2. The fourth-order valence-corrected chi connectivity index (χ4v) is 3.70. The molecule has 26 heavy (non-hydrogen) atoms. The molecule has 2 aromatic heterocycles. The summed E-state index contributed by atoms with van der Waals surface area (Å²) in [6.07, 6.45) is 1.64. The molecule has 6 nitrogen and oxygen atoms in total. The first-order valence-electron chi connectivity index (χ1n) is 8.52. The van der Waals surface area contributed by atoms with E-state index < -0.39 is 0 Å². The summed E-state index contributed by atoms with van der Waals surface area (Å²) in [5.41, 5.74) is 4.46. The molecule has 0 atom stereocenters. The van der Waals surface area contributed by atoms with Gasteiger partial charge in [-0.1, -0.05) is 12.1 Å². The predicted molar refractivity (Wildman–Crippen MR) is 104 cm³/mol. The molecule has 4 rings (SSSR count). The van der Waals surface area contributed by atoms with Gasteiger partial charge in [-0.15, -0.1) is 5.10 Å². The molecule has 1 fully saturated rings. The van der Waals surface area contributed by atoms with Crippen molar-refractivity contribution in [3.05, 3.63) is 57.0 Å². The predicted octanol–water partition coefficient (Wildman–Crippen LogP) is 2.46. The van der Waals surface area contributed by atoms with Crippen LogP contribution in [0.4, 0.5) is 0 Å². The minimum Gasteiger partial charge on any atom is -0.348 e. The Balaban J connectivity index is 1.78. The molecule has 3 heterocycles. The van der Waals surface area contributed by atoms with Crippen molar-refractivity contribution >= 4 is 23.2 Å². The average Bonchev–Trinajstić information content (AvgIpc) is 2.90. The highest BCUT2D eigenvalue weighted by Gasteiger charge is 2.24. The molecule has 0 aliphatic carbocycles. The van der Waals surface area contributed by atoms with Gasteiger partial charge in [-0.2, -0.15) is 11.8 Å². The van der Waals surface area contributed by atoms with Crippen molar-refractivity contribution in [2.45, 2.75) is 26.8 Å². The number of aromatic nitrogens is 3. The van der Waals surface area contributed by atoms with Gasteiger partial charge in [0.25, 0.3) is 11.5 Å². The first-order chi connectivity index (χ1) is 12.4. The quantitative estimate of drug-likeness (QED) is 0.744. The van der Waals surface area contributed by atoms with E-state index in [1.165, 1.54) is 10.1 Å². The molecular weight excluding hydrogens is 348 g/mol. The second-order valence-corrected chi connectivity index (χ2v) is 7.85. The summed E-state index contributed by atoms with van der Waals surface area (Å²) in [5.74, 6) is 2.22. The van der Waals surface area contributed by atoms with Crippen LogP contribution in [-0.4, -0.2) is 38.1 Å². The molecule has 0 bridgehead atoms. The first kappa shape index (κ1) is 16.9. The molecule has 1 amide bonds. The number of benzene rings is 1. The highest BCUT2D eigenvalue weighted by Crippen LogP contribution is 2.21. The zero-order valence-electron chi connectivity index (χ0n) is 14.9. The minimum absolute atomic E-state index is 0.148. The van der Waals surface area contributed by atoms with Crippen LogP contribution in [-0.2, 0) is 0 Å². The van der Waals surface area contributed by atoms with Gasteiger partial charge in [0.15, 0.2) is 5.82 Å². The summed E-state index contributed by atoms with van der Waals surface area (Å²) in [6.45, 7) is 5.85. The molecule has 1 saturated heterocycles. The van der Waals surface area contributed by atoms with Crippen molar-refractivity contribution in [1.29, 1.82) is 0 Å². The van der Waals surface area contributed by atoms with E-state index >= 15 is 0 Å². The zero-order chi connectivity index (χ0) is 18.4. The first-order valence-corrected chi connectivity index (χ1v) is 9.68. The summed E-state index contributed by atoms with van der Waals surface area (Å²) in [4.78, 5) is 28.0. The van der Waals surface area contributed by atoms with E-state index in [1.807, 2.05) is 43.8 Å². The van der Waals surface area contributed by atoms with Crippen LogP contribution < -0.4 is 10.9 Å². The third kappa shape index (κ3) is 2.82. The van der Waals surface area contributed by atoms with Gasteiger partial charge in [-0.3, -0.25) is 9.59 Å². The maximum absolute atomic E-state index is 12.6. The highest BCUT2D eigenvalue weighted by atomic mass is 32.2. The van der Waals surface area contributed by atoms with Gasteiger partial charge >= 0.3 is 0 Å². The standard InChI is InChI=1S/C19H20N4O2S/c1-10-4-5-13(6-11(10)2)17-21-19(25)16-12(3)15(7-23(16)22-17)18(24)20-14-8-26-9-14/h4-7,14H,8-9H2,1-3H3,(H,20,24)(H,21,22,25).